The third-order valence-electron chi connectivity index (χ3n) is 2.90. The topological polar surface area (TPSA) is 38.1 Å². The van der Waals surface area contributed by atoms with Gasteiger partial charge >= 0.3 is 6.18 Å². The van der Waals surface area contributed by atoms with Crippen LogP contribution in [0.5, 0.6) is 0 Å². The Hall–Kier alpha value is -1.82. The summed E-state index contributed by atoms with van der Waals surface area (Å²) in [5, 5.41) is 3.15. The van der Waals surface area contributed by atoms with Crippen molar-refractivity contribution in [1.82, 2.24) is 10.3 Å². The van der Waals surface area contributed by atoms with Gasteiger partial charge in [-0.3, -0.25) is 0 Å². The predicted octanol–water partition coefficient (Wildman–Crippen LogP) is 4.03. The van der Waals surface area contributed by atoms with Gasteiger partial charge in [0.05, 0.1) is 17.8 Å². The molecule has 1 heterocycles. The molecule has 1 aromatic carbocycles. The number of nitrogens with one attached hydrogen (secondary N) is 1. The summed E-state index contributed by atoms with van der Waals surface area (Å²) < 4.78 is 43.0. The molecule has 2 rings (SSSR count). The fourth-order valence-corrected chi connectivity index (χ4v) is 1.84. The first-order chi connectivity index (χ1) is 9.41. The molecule has 0 bridgehead atoms. The SMILES string of the molecule is CCNC(C)c1ncc(-c2ccc(C(F)(F)F)cc2)o1. The third kappa shape index (κ3) is 3.19. The van der Waals surface area contributed by atoms with Crippen LogP contribution in [-0.4, -0.2) is 11.5 Å². The molecular formula is C14H15F3N2O. The van der Waals surface area contributed by atoms with Gasteiger partial charge in [-0.05, 0) is 25.6 Å². The number of aromatic nitrogens is 1. The summed E-state index contributed by atoms with van der Waals surface area (Å²) in [6.45, 7) is 4.65. The van der Waals surface area contributed by atoms with E-state index in [1.165, 1.54) is 18.3 Å². The zero-order chi connectivity index (χ0) is 14.8. The molecule has 0 saturated carbocycles. The monoisotopic (exact) mass is 284 g/mol. The molecule has 20 heavy (non-hydrogen) atoms. The van der Waals surface area contributed by atoms with Gasteiger partial charge in [0.15, 0.2) is 5.76 Å². The summed E-state index contributed by atoms with van der Waals surface area (Å²) in [6, 6.07) is 4.79. The molecule has 1 N–H and O–H groups in total. The molecule has 3 nitrogen and oxygen atoms in total. The molecule has 0 amide bonds. The van der Waals surface area contributed by atoms with Crippen molar-refractivity contribution in [2.75, 3.05) is 6.54 Å². The lowest BCUT2D eigenvalue weighted by Crippen LogP contribution is -2.17. The van der Waals surface area contributed by atoms with Crippen LogP contribution in [0.3, 0.4) is 0 Å². The number of rotatable bonds is 4. The fourth-order valence-electron chi connectivity index (χ4n) is 1.84. The highest BCUT2D eigenvalue weighted by Gasteiger charge is 2.30. The van der Waals surface area contributed by atoms with Gasteiger partial charge in [-0.25, -0.2) is 4.98 Å². The molecule has 0 fully saturated rings. The Morgan fingerprint density at radius 1 is 1.25 bits per heavy atom. The summed E-state index contributed by atoms with van der Waals surface area (Å²) in [4.78, 5) is 4.13. The van der Waals surface area contributed by atoms with E-state index in [4.69, 9.17) is 4.42 Å². The van der Waals surface area contributed by atoms with Gasteiger partial charge in [-0.2, -0.15) is 13.2 Å². The van der Waals surface area contributed by atoms with Crippen molar-refractivity contribution < 1.29 is 17.6 Å². The molecule has 1 unspecified atom stereocenters. The van der Waals surface area contributed by atoms with E-state index >= 15 is 0 Å². The van der Waals surface area contributed by atoms with Crippen LogP contribution in [0.15, 0.2) is 34.9 Å². The second-order valence-corrected chi connectivity index (χ2v) is 4.42. The molecule has 0 radical (unpaired) electrons. The van der Waals surface area contributed by atoms with Crippen LogP contribution in [0.4, 0.5) is 13.2 Å². The first kappa shape index (κ1) is 14.6. The normalized spacial score (nSPS) is 13.4. The van der Waals surface area contributed by atoms with Gasteiger partial charge in [-0.1, -0.05) is 19.1 Å². The van der Waals surface area contributed by atoms with Crippen molar-refractivity contribution in [2.24, 2.45) is 0 Å². The highest BCUT2D eigenvalue weighted by molar-refractivity contribution is 5.56. The molecular weight excluding hydrogens is 269 g/mol. The van der Waals surface area contributed by atoms with Gasteiger partial charge in [0.1, 0.15) is 0 Å². The number of hydrogen-bond acceptors (Lipinski definition) is 3. The minimum absolute atomic E-state index is 0.0387. The maximum absolute atomic E-state index is 12.5. The lowest BCUT2D eigenvalue weighted by atomic mass is 10.1. The maximum Gasteiger partial charge on any atom is 0.416 e. The first-order valence-electron chi connectivity index (χ1n) is 6.28. The molecule has 0 aliphatic heterocycles. The van der Waals surface area contributed by atoms with Gasteiger partial charge in [0.2, 0.25) is 5.89 Å². The van der Waals surface area contributed by atoms with Crippen molar-refractivity contribution in [3.63, 3.8) is 0 Å². The Balaban J connectivity index is 2.20. The van der Waals surface area contributed by atoms with Crippen LogP contribution >= 0.6 is 0 Å². The van der Waals surface area contributed by atoms with E-state index in [-0.39, 0.29) is 6.04 Å². The predicted molar refractivity (Wildman–Crippen MR) is 69.0 cm³/mol. The molecule has 0 spiro atoms. The second-order valence-electron chi connectivity index (χ2n) is 4.42. The summed E-state index contributed by atoms with van der Waals surface area (Å²) in [6.07, 6.45) is -2.81. The van der Waals surface area contributed by atoms with Gasteiger partial charge in [0, 0.05) is 5.56 Å². The van der Waals surface area contributed by atoms with Crippen molar-refractivity contribution in [2.45, 2.75) is 26.1 Å². The minimum Gasteiger partial charge on any atom is -0.439 e. The van der Waals surface area contributed by atoms with Crippen LogP contribution < -0.4 is 5.32 Å². The van der Waals surface area contributed by atoms with Crippen molar-refractivity contribution >= 4 is 0 Å². The molecule has 0 aliphatic carbocycles. The Morgan fingerprint density at radius 2 is 1.90 bits per heavy atom. The van der Waals surface area contributed by atoms with Gasteiger partial charge < -0.3 is 9.73 Å². The standard InChI is InChI=1S/C14H15F3N2O/c1-3-18-9(2)13-19-8-12(20-13)10-4-6-11(7-5-10)14(15,16)17/h4-9,18H,3H2,1-2H3. The Morgan fingerprint density at radius 3 is 2.45 bits per heavy atom. The largest absolute Gasteiger partial charge is 0.439 e. The summed E-state index contributed by atoms with van der Waals surface area (Å²) in [7, 11) is 0. The Kier molecular flexibility index (Phi) is 4.13. The van der Waals surface area contributed by atoms with Crippen molar-refractivity contribution in [3.05, 3.63) is 41.9 Å². The highest BCUT2D eigenvalue weighted by Crippen LogP contribution is 2.31. The molecule has 1 atom stereocenters. The molecule has 2 aromatic rings. The molecule has 108 valence electrons. The minimum atomic E-state index is -4.33. The van der Waals surface area contributed by atoms with Crippen molar-refractivity contribution in [1.29, 1.82) is 0 Å². The third-order valence-corrected chi connectivity index (χ3v) is 2.90. The van der Waals surface area contributed by atoms with E-state index in [1.807, 2.05) is 13.8 Å². The average molecular weight is 284 g/mol. The summed E-state index contributed by atoms with van der Waals surface area (Å²) in [5.41, 5.74) is -0.109. The molecule has 0 aliphatic rings. The molecule has 6 heteroatoms. The van der Waals surface area contributed by atoms with Gasteiger partial charge in [-0.15, -0.1) is 0 Å². The van der Waals surface area contributed by atoms with Crippen LogP contribution in [0.1, 0.15) is 31.3 Å². The van der Waals surface area contributed by atoms with E-state index in [9.17, 15) is 13.2 Å². The zero-order valence-corrected chi connectivity index (χ0v) is 11.2. The van der Waals surface area contributed by atoms with E-state index < -0.39 is 11.7 Å². The van der Waals surface area contributed by atoms with E-state index in [1.54, 1.807) is 0 Å². The number of benzene rings is 1. The fraction of sp³-hybridized carbons (Fsp3) is 0.357. The second kappa shape index (κ2) is 5.66. The lowest BCUT2D eigenvalue weighted by molar-refractivity contribution is -0.137. The number of alkyl halides is 3. The van der Waals surface area contributed by atoms with E-state index in [2.05, 4.69) is 10.3 Å². The quantitative estimate of drug-likeness (QED) is 0.921. The summed E-state index contributed by atoms with van der Waals surface area (Å²) >= 11 is 0. The van der Waals surface area contributed by atoms with Crippen LogP contribution in [0, 0.1) is 0 Å². The average Bonchev–Trinajstić information content (AvgIpc) is 2.88. The Bertz CT molecular complexity index is 561. The van der Waals surface area contributed by atoms with Gasteiger partial charge in [0.25, 0.3) is 0 Å². The Labute approximate surface area is 114 Å². The van der Waals surface area contributed by atoms with E-state index in [0.717, 1.165) is 18.7 Å². The van der Waals surface area contributed by atoms with Crippen LogP contribution in [0.2, 0.25) is 0 Å². The van der Waals surface area contributed by atoms with Crippen LogP contribution in [0.25, 0.3) is 11.3 Å². The maximum atomic E-state index is 12.5. The zero-order valence-electron chi connectivity index (χ0n) is 11.2. The highest BCUT2D eigenvalue weighted by atomic mass is 19.4. The number of oxazole rings is 1. The smallest absolute Gasteiger partial charge is 0.416 e. The number of halogens is 3. The number of hydrogen-bond donors (Lipinski definition) is 1. The van der Waals surface area contributed by atoms with Crippen molar-refractivity contribution in [3.8, 4) is 11.3 Å². The lowest BCUT2D eigenvalue weighted by Gasteiger charge is -2.07. The van der Waals surface area contributed by atoms with Crippen LogP contribution in [-0.2, 0) is 6.18 Å². The molecule has 0 saturated heterocycles. The number of nitrogens with zero attached hydrogens (tertiary/aromatic N) is 1. The molecule has 1 aromatic heterocycles. The van der Waals surface area contributed by atoms with E-state index in [0.29, 0.717) is 17.2 Å². The summed E-state index contributed by atoms with van der Waals surface area (Å²) in [5.74, 6) is 0.972. The first-order valence-corrected chi connectivity index (χ1v) is 6.28.